The number of carbonyl (C=O) groups excluding carboxylic acids is 1. The van der Waals surface area contributed by atoms with Crippen molar-refractivity contribution >= 4 is 12.1 Å². The zero-order valence-electron chi connectivity index (χ0n) is 19.9. The number of hydrogen-bond acceptors (Lipinski definition) is 6. The van der Waals surface area contributed by atoms with Gasteiger partial charge in [0.15, 0.2) is 6.10 Å². The number of halogens is 3. The molecule has 0 bridgehead atoms. The minimum atomic E-state index is -4.41. The summed E-state index contributed by atoms with van der Waals surface area (Å²) in [6.07, 6.45) is -5.62. The number of para-hydroxylation sites is 1. The molecule has 2 aromatic carbocycles. The van der Waals surface area contributed by atoms with Crippen LogP contribution in [0.1, 0.15) is 18.9 Å². The Balaban J connectivity index is 1.88. The van der Waals surface area contributed by atoms with E-state index in [-0.39, 0.29) is 45.8 Å². The Labute approximate surface area is 207 Å². The fourth-order valence-electron chi connectivity index (χ4n) is 3.12. The second-order valence-electron chi connectivity index (χ2n) is 7.67. The first kappa shape index (κ1) is 28.9. The van der Waals surface area contributed by atoms with Crippen LogP contribution in [0.25, 0.3) is 0 Å². The van der Waals surface area contributed by atoms with Crippen LogP contribution < -0.4 is 9.47 Å². The lowest BCUT2D eigenvalue weighted by atomic mass is 10.1. The fraction of sp³-hybridized carbons (Fsp3) is 0.440. The number of hydrogen-bond donors (Lipinski definition) is 1. The predicted molar refractivity (Wildman–Crippen MR) is 124 cm³/mol. The van der Waals surface area contributed by atoms with Crippen LogP contribution >= 0.6 is 0 Å². The summed E-state index contributed by atoms with van der Waals surface area (Å²) in [7, 11) is 0. The van der Waals surface area contributed by atoms with E-state index in [9.17, 15) is 27.9 Å². The Kier molecular flexibility index (Phi) is 12.0. The summed E-state index contributed by atoms with van der Waals surface area (Å²) < 4.78 is 57.6. The number of carbonyl (C=O) groups is 2. The van der Waals surface area contributed by atoms with Crippen molar-refractivity contribution in [2.45, 2.75) is 32.0 Å². The van der Waals surface area contributed by atoms with E-state index in [1.807, 2.05) is 0 Å². The van der Waals surface area contributed by atoms with Gasteiger partial charge in [0.25, 0.3) is 0 Å². The average molecular weight is 514 g/mol. The number of rotatable bonds is 15. The van der Waals surface area contributed by atoms with Crippen molar-refractivity contribution < 1.29 is 46.8 Å². The second-order valence-corrected chi connectivity index (χ2v) is 7.67. The molecular weight excluding hydrogens is 483 g/mol. The second kappa shape index (κ2) is 14.9. The highest BCUT2D eigenvalue weighted by Crippen LogP contribution is 2.16. The van der Waals surface area contributed by atoms with Crippen LogP contribution in [0, 0.1) is 0 Å². The molecule has 0 aliphatic carbocycles. The number of amides is 1. The number of benzene rings is 2. The Morgan fingerprint density at radius 2 is 1.67 bits per heavy atom. The number of carboxylic acid groups (broad SMARTS) is 1. The normalized spacial score (nSPS) is 12.1. The minimum absolute atomic E-state index is 0.101. The largest absolute Gasteiger partial charge is 0.492 e. The highest BCUT2D eigenvalue weighted by atomic mass is 19.4. The molecule has 36 heavy (non-hydrogen) atoms. The van der Waals surface area contributed by atoms with E-state index in [1.54, 1.807) is 61.5 Å². The molecule has 198 valence electrons. The van der Waals surface area contributed by atoms with E-state index in [2.05, 4.69) is 4.74 Å². The molecular formula is C25H30F3NO7. The van der Waals surface area contributed by atoms with Gasteiger partial charge in [0.2, 0.25) is 0 Å². The molecule has 1 amide bonds. The molecule has 0 heterocycles. The standard InChI is InChI=1S/C25H30F3NO7/c1-2-34-22(23(30)31)17-19-9-11-20(12-10-19)35-16-14-29(13-6-15-33-18-25(26,27)28)24(32)36-21-7-4-3-5-8-21/h3-5,7-12,22H,2,6,13-18H2,1H3,(H,30,31). The van der Waals surface area contributed by atoms with Crippen molar-refractivity contribution in [2.75, 3.05) is 39.5 Å². The number of carboxylic acids is 1. The van der Waals surface area contributed by atoms with Crippen LogP contribution in [0.3, 0.4) is 0 Å². The summed E-state index contributed by atoms with van der Waals surface area (Å²) in [4.78, 5) is 25.2. The van der Waals surface area contributed by atoms with Gasteiger partial charge < -0.3 is 29.0 Å². The van der Waals surface area contributed by atoms with Gasteiger partial charge in [0, 0.05) is 26.2 Å². The summed E-state index contributed by atoms with van der Waals surface area (Å²) in [6.45, 7) is 0.826. The Hall–Kier alpha value is -3.31. The predicted octanol–water partition coefficient (Wildman–Crippen LogP) is 4.57. The van der Waals surface area contributed by atoms with Crippen LogP contribution in [0.5, 0.6) is 11.5 Å². The SMILES string of the molecule is CCOC(Cc1ccc(OCCN(CCCOCC(F)(F)F)C(=O)Oc2ccccc2)cc1)C(=O)O. The van der Waals surface area contributed by atoms with E-state index in [1.165, 1.54) is 4.90 Å². The van der Waals surface area contributed by atoms with Crippen molar-refractivity contribution in [3.8, 4) is 11.5 Å². The monoisotopic (exact) mass is 513 g/mol. The molecule has 8 nitrogen and oxygen atoms in total. The number of alkyl halides is 3. The maximum absolute atomic E-state index is 12.6. The van der Waals surface area contributed by atoms with E-state index in [0.29, 0.717) is 11.5 Å². The van der Waals surface area contributed by atoms with Crippen LogP contribution in [0.4, 0.5) is 18.0 Å². The lowest BCUT2D eigenvalue weighted by Gasteiger charge is -2.22. The Morgan fingerprint density at radius 1 is 0.972 bits per heavy atom. The van der Waals surface area contributed by atoms with Crippen LogP contribution in [0.2, 0.25) is 0 Å². The molecule has 0 fully saturated rings. The van der Waals surface area contributed by atoms with Gasteiger partial charge in [-0.3, -0.25) is 0 Å². The van der Waals surface area contributed by atoms with Crippen LogP contribution in [-0.2, 0) is 20.7 Å². The smallest absolute Gasteiger partial charge is 0.415 e. The molecule has 2 aromatic rings. The summed E-state index contributed by atoms with van der Waals surface area (Å²) in [5, 5.41) is 9.20. The lowest BCUT2D eigenvalue weighted by Crippen LogP contribution is -2.38. The molecule has 0 saturated carbocycles. The molecule has 0 aliphatic rings. The minimum Gasteiger partial charge on any atom is -0.492 e. The summed E-state index contributed by atoms with van der Waals surface area (Å²) in [5.41, 5.74) is 0.759. The van der Waals surface area contributed by atoms with Crippen molar-refractivity contribution in [1.29, 1.82) is 0 Å². The van der Waals surface area contributed by atoms with Gasteiger partial charge in [0.1, 0.15) is 24.7 Å². The van der Waals surface area contributed by atoms with E-state index < -0.39 is 30.9 Å². The number of nitrogens with zero attached hydrogens (tertiary/aromatic N) is 1. The fourth-order valence-corrected chi connectivity index (χ4v) is 3.12. The number of aliphatic carboxylic acids is 1. The van der Waals surface area contributed by atoms with Crippen molar-refractivity contribution in [2.24, 2.45) is 0 Å². The first-order chi connectivity index (χ1) is 17.2. The van der Waals surface area contributed by atoms with E-state index in [4.69, 9.17) is 14.2 Å². The van der Waals surface area contributed by atoms with Gasteiger partial charge in [-0.2, -0.15) is 13.2 Å². The summed E-state index contributed by atoms with van der Waals surface area (Å²) in [5.74, 6) is -0.195. The zero-order chi connectivity index (χ0) is 26.4. The molecule has 2 rings (SSSR count). The van der Waals surface area contributed by atoms with Gasteiger partial charge in [-0.1, -0.05) is 30.3 Å². The molecule has 11 heteroatoms. The van der Waals surface area contributed by atoms with E-state index >= 15 is 0 Å². The molecule has 1 N–H and O–H groups in total. The summed E-state index contributed by atoms with van der Waals surface area (Å²) in [6, 6.07) is 15.2. The molecule has 0 radical (unpaired) electrons. The van der Waals surface area contributed by atoms with Crippen LogP contribution in [-0.4, -0.2) is 73.9 Å². The third kappa shape index (κ3) is 11.4. The average Bonchev–Trinajstić information content (AvgIpc) is 2.83. The first-order valence-electron chi connectivity index (χ1n) is 11.4. The van der Waals surface area contributed by atoms with Gasteiger partial charge in [0.05, 0.1) is 6.54 Å². The molecule has 0 aliphatic heterocycles. The maximum Gasteiger partial charge on any atom is 0.415 e. The highest BCUT2D eigenvalue weighted by molar-refractivity contribution is 5.72. The topological polar surface area (TPSA) is 94.5 Å². The maximum atomic E-state index is 12.6. The van der Waals surface area contributed by atoms with Gasteiger partial charge in [-0.05, 0) is 43.2 Å². The molecule has 0 aromatic heterocycles. The molecule has 1 atom stereocenters. The first-order valence-corrected chi connectivity index (χ1v) is 11.4. The Morgan fingerprint density at radius 3 is 2.28 bits per heavy atom. The van der Waals surface area contributed by atoms with Gasteiger partial charge >= 0.3 is 18.2 Å². The van der Waals surface area contributed by atoms with Gasteiger partial charge in [-0.25, -0.2) is 9.59 Å². The van der Waals surface area contributed by atoms with Crippen LogP contribution in [0.15, 0.2) is 54.6 Å². The zero-order valence-corrected chi connectivity index (χ0v) is 19.9. The van der Waals surface area contributed by atoms with Crippen molar-refractivity contribution in [3.63, 3.8) is 0 Å². The quantitative estimate of drug-likeness (QED) is 0.349. The lowest BCUT2D eigenvalue weighted by molar-refractivity contribution is -0.174. The molecule has 0 spiro atoms. The third-order valence-corrected chi connectivity index (χ3v) is 4.81. The third-order valence-electron chi connectivity index (χ3n) is 4.81. The molecule has 0 saturated heterocycles. The highest BCUT2D eigenvalue weighted by Gasteiger charge is 2.27. The summed E-state index contributed by atoms with van der Waals surface area (Å²) >= 11 is 0. The van der Waals surface area contributed by atoms with Crippen molar-refractivity contribution in [1.82, 2.24) is 4.90 Å². The van der Waals surface area contributed by atoms with E-state index in [0.717, 1.165) is 5.56 Å². The molecule has 1 unspecified atom stereocenters. The van der Waals surface area contributed by atoms with Crippen molar-refractivity contribution in [3.05, 3.63) is 60.2 Å². The number of ether oxygens (including phenoxy) is 4. The van der Waals surface area contributed by atoms with Gasteiger partial charge in [-0.15, -0.1) is 0 Å². The Bertz CT molecular complexity index is 924.